The quantitative estimate of drug-likeness (QED) is 0.629. The van der Waals surface area contributed by atoms with Crippen LogP contribution in [0.4, 0.5) is 11.4 Å². The number of hydrogen-bond acceptors (Lipinski definition) is 6. The average molecular weight is 347 g/mol. The zero-order valence-electron chi connectivity index (χ0n) is 13.9. The summed E-state index contributed by atoms with van der Waals surface area (Å²) in [6, 6.07) is 7.05. The zero-order chi connectivity index (χ0) is 18.6. The molecule has 0 unspecified atom stereocenters. The minimum atomic E-state index is -0.603. The van der Waals surface area contributed by atoms with E-state index in [0.29, 0.717) is 17.2 Å². The Morgan fingerprint density at radius 2 is 1.96 bits per heavy atom. The second-order valence-corrected chi connectivity index (χ2v) is 5.10. The Morgan fingerprint density at radius 3 is 2.56 bits per heavy atom. The Balaban J connectivity index is 2.29. The standard InChI is InChI=1S/C16H17N3O6/c1-10-13(19(22)23)5-7-16(21)18(10)9-15(20)17-12-8-11(24-2)4-6-14(12)25-3/h4-8H,9H2,1-3H3,(H,17,20). The number of aromatic nitrogens is 1. The largest absolute Gasteiger partial charge is 0.497 e. The lowest BCUT2D eigenvalue weighted by Gasteiger charge is -2.13. The van der Waals surface area contributed by atoms with E-state index in [1.165, 1.54) is 21.1 Å². The van der Waals surface area contributed by atoms with E-state index in [0.717, 1.165) is 16.7 Å². The van der Waals surface area contributed by atoms with Crippen molar-refractivity contribution in [3.05, 3.63) is 56.5 Å². The van der Waals surface area contributed by atoms with Gasteiger partial charge in [0, 0.05) is 18.2 Å². The van der Waals surface area contributed by atoms with Crippen LogP contribution in [0.3, 0.4) is 0 Å². The molecule has 0 fully saturated rings. The maximum absolute atomic E-state index is 12.3. The molecule has 25 heavy (non-hydrogen) atoms. The van der Waals surface area contributed by atoms with E-state index in [1.807, 2.05) is 0 Å². The highest BCUT2D eigenvalue weighted by atomic mass is 16.6. The van der Waals surface area contributed by atoms with Gasteiger partial charge in [0.1, 0.15) is 18.0 Å². The van der Waals surface area contributed by atoms with Gasteiger partial charge in [0.05, 0.1) is 30.5 Å². The third-order valence-electron chi connectivity index (χ3n) is 3.60. The first-order valence-electron chi connectivity index (χ1n) is 7.24. The van der Waals surface area contributed by atoms with Crippen LogP contribution in [0, 0.1) is 17.0 Å². The molecule has 0 saturated carbocycles. The lowest BCUT2D eigenvalue weighted by atomic mass is 10.2. The Morgan fingerprint density at radius 1 is 1.24 bits per heavy atom. The minimum Gasteiger partial charge on any atom is -0.497 e. The molecule has 0 aliphatic rings. The second kappa shape index (κ2) is 7.47. The summed E-state index contributed by atoms with van der Waals surface area (Å²) in [5, 5.41) is 13.6. The summed E-state index contributed by atoms with van der Waals surface area (Å²) < 4.78 is 11.3. The summed E-state index contributed by atoms with van der Waals surface area (Å²) in [6.07, 6.45) is 0. The number of benzene rings is 1. The number of carbonyl (C=O) groups is 1. The third-order valence-corrected chi connectivity index (χ3v) is 3.60. The molecular weight excluding hydrogens is 330 g/mol. The molecule has 0 spiro atoms. The van der Waals surface area contributed by atoms with Gasteiger partial charge in [-0.1, -0.05) is 0 Å². The molecule has 0 saturated heterocycles. The Hall–Kier alpha value is -3.36. The summed E-state index contributed by atoms with van der Waals surface area (Å²) in [6.45, 7) is 1.05. The van der Waals surface area contributed by atoms with E-state index in [2.05, 4.69) is 5.32 Å². The number of nitrogens with zero attached hydrogens (tertiary/aromatic N) is 2. The first kappa shape index (κ1) is 18.0. The highest BCUT2D eigenvalue weighted by molar-refractivity contribution is 5.92. The van der Waals surface area contributed by atoms with E-state index < -0.39 is 16.4 Å². The minimum absolute atomic E-state index is 0.102. The molecule has 1 N–H and O–H groups in total. The monoisotopic (exact) mass is 347 g/mol. The fourth-order valence-corrected chi connectivity index (χ4v) is 2.30. The van der Waals surface area contributed by atoms with Crippen LogP contribution < -0.4 is 20.3 Å². The van der Waals surface area contributed by atoms with Crippen LogP contribution in [0.25, 0.3) is 0 Å². The Labute approximate surface area is 142 Å². The van der Waals surface area contributed by atoms with E-state index in [-0.39, 0.29) is 17.9 Å². The number of rotatable bonds is 6. The molecule has 0 aliphatic heterocycles. The van der Waals surface area contributed by atoms with Crippen molar-refractivity contribution >= 4 is 17.3 Å². The third kappa shape index (κ3) is 3.94. The summed E-state index contributed by atoms with van der Waals surface area (Å²) >= 11 is 0. The zero-order valence-corrected chi connectivity index (χ0v) is 13.9. The predicted octanol–water partition coefficient (Wildman–Crippen LogP) is 1.72. The fourth-order valence-electron chi connectivity index (χ4n) is 2.30. The van der Waals surface area contributed by atoms with Crippen LogP contribution in [0.5, 0.6) is 11.5 Å². The number of carbonyl (C=O) groups excluding carboxylic acids is 1. The van der Waals surface area contributed by atoms with Gasteiger partial charge >= 0.3 is 0 Å². The van der Waals surface area contributed by atoms with Gasteiger partial charge in [0.25, 0.3) is 11.2 Å². The summed E-state index contributed by atoms with van der Waals surface area (Å²) in [4.78, 5) is 34.6. The van der Waals surface area contributed by atoms with Crippen LogP contribution in [-0.2, 0) is 11.3 Å². The Kier molecular flexibility index (Phi) is 5.38. The van der Waals surface area contributed by atoms with Gasteiger partial charge in [0.15, 0.2) is 0 Å². The lowest BCUT2D eigenvalue weighted by molar-refractivity contribution is -0.386. The van der Waals surface area contributed by atoms with Crippen molar-refractivity contribution in [3.8, 4) is 11.5 Å². The van der Waals surface area contributed by atoms with Crippen LogP contribution >= 0.6 is 0 Å². The van der Waals surface area contributed by atoms with Crippen molar-refractivity contribution < 1.29 is 19.2 Å². The highest BCUT2D eigenvalue weighted by Crippen LogP contribution is 2.28. The smallest absolute Gasteiger partial charge is 0.288 e. The molecule has 1 heterocycles. The van der Waals surface area contributed by atoms with Crippen molar-refractivity contribution in [2.75, 3.05) is 19.5 Å². The lowest BCUT2D eigenvalue weighted by Crippen LogP contribution is -2.29. The molecule has 1 aromatic carbocycles. The predicted molar refractivity (Wildman–Crippen MR) is 90.3 cm³/mol. The number of amides is 1. The number of anilines is 1. The van der Waals surface area contributed by atoms with Gasteiger partial charge in [-0.2, -0.15) is 0 Å². The van der Waals surface area contributed by atoms with Crippen LogP contribution in [0.2, 0.25) is 0 Å². The first-order valence-corrected chi connectivity index (χ1v) is 7.24. The van der Waals surface area contributed by atoms with Gasteiger partial charge in [0.2, 0.25) is 5.91 Å². The highest BCUT2D eigenvalue weighted by Gasteiger charge is 2.17. The number of hydrogen-bond donors (Lipinski definition) is 1. The average Bonchev–Trinajstić information content (AvgIpc) is 2.58. The molecule has 9 nitrogen and oxygen atoms in total. The van der Waals surface area contributed by atoms with Crippen LogP contribution in [-0.4, -0.2) is 29.6 Å². The molecule has 0 aliphatic carbocycles. The van der Waals surface area contributed by atoms with E-state index in [4.69, 9.17) is 9.47 Å². The number of pyridine rings is 1. The molecule has 2 aromatic rings. The van der Waals surface area contributed by atoms with Crippen molar-refractivity contribution in [2.24, 2.45) is 0 Å². The van der Waals surface area contributed by atoms with Crippen molar-refractivity contribution in [1.29, 1.82) is 0 Å². The fraction of sp³-hybridized carbons (Fsp3) is 0.250. The summed E-state index contributed by atoms with van der Waals surface area (Å²) in [7, 11) is 2.94. The van der Waals surface area contributed by atoms with Gasteiger partial charge in [-0.15, -0.1) is 0 Å². The summed E-state index contributed by atoms with van der Waals surface area (Å²) in [5.41, 5.74) is -0.268. The van der Waals surface area contributed by atoms with Gasteiger partial charge in [-0.3, -0.25) is 24.3 Å². The second-order valence-electron chi connectivity index (χ2n) is 5.10. The first-order chi connectivity index (χ1) is 11.9. The molecule has 0 bridgehead atoms. The van der Waals surface area contributed by atoms with Gasteiger partial charge in [-0.05, 0) is 19.1 Å². The topological polar surface area (TPSA) is 113 Å². The molecule has 9 heteroatoms. The molecular formula is C16H17N3O6. The maximum Gasteiger partial charge on any atom is 0.288 e. The van der Waals surface area contributed by atoms with E-state index in [1.54, 1.807) is 18.2 Å². The van der Waals surface area contributed by atoms with Gasteiger partial charge < -0.3 is 14.8 Å². The van der Waals surface area contributed by atoms with E-state index >= 15 is 0 Å². The van der Waals surface area contributed by atoms with E-state index in [9.17, 15) is 19.7 Å². The summed E-state index contributed by atoms with van der Waals surface area (Å²) in [5.74, 6) is 0.398. The van der Waals surface area contributed by atoms with Crippen molar-refractivity contribution in [2.45, 2.75) is 13.5 Å². The number of nitrogens with one attached hydrogen (secondary N) is 1. The normalized spacial score (nSPS) is 10.2. The molecule has 1 amide bonds. The Bertz CT molecular complexity index is 875. The molecule has 0 atom stereocenters. The molecule has 132 valence electrons. The SMILES string of the molecule is COc1ccc(OC)c(NC(=O)Cn2c(C)c([N+](=O)[O-])ccc2=O)c1. The molecule has 1 aromatic heterocycles. The number of ether oxygens (including phenoxy) is 2. The molecule has 2 rings (SSSR count). The number of methoxy groups -OCH3 is 2. The van der Waals surface area contributed by atoms with Gasteiger partial charge in [-0.25, -0.2) is 0 Å². The maximum atomic E-state index is 12.3. The van der Waals surface area contributed by atoms with Crippen LogP contribution in [0.1, 0.15) is 5.69 Å². The van der Waals surface area contributed by atoms with Crippen LogP contribution in [0.15, 0.2) is 35.1 Å². The van der Waals surface area contributed by atoms with Crippen molar-refractivity contribution in [1.82, 2.24) is 4.57 Å². The molecule has 0 radical (unpaired) electrons. The van der Waals surface area contributed by atoms with Crippen molar-refractivity contribution in [3.63, 3.8) is 0 Å². The number of nitro groups is 1.